The van der Waals surface area contributed by atoms with E-state index < -0.39 is 41.9 Å². The Morgan fingerprint density at radius 1 is 1.15 bits per heavy atom. The van der Waals surface area contributed by atoms with E-state index in [4.69, 9.17) is 18.9 Å². The van der Waals surface area contributed by atoms with Gasteiger partial charge in [0.25, 0.3) is 0 Å². The van der Waals surface area contributed by atoms with Crippen molar-refractivity contribution >= 4 is 46.7 Å². The summed E-state index contributed by atoms with van der Waals surface area (Å²) < 4.78 is 24.0. The summed E-state index contributed by atoms with van der Waals surface area (Å²) in [4.78, 5) is 55.8. The van der Waals surface area contributed by atoms with E-state index in [1.54, 1.807) is 23.8 Å². The molecule has 0 radical (unpaired) electrons. The van der Waals surface area contributed by atoms with Crippen molar-refractivity contribution < 1.29 is 38.1 Å². The summed E-state index contributed by atoms with van der Waals surface area (Å²) in [5, 5.41) is 3.23. The lowest BCUT2D eigenvalue weighted by molar-refractivity contribution is -0.184. The van der Waals surface area contributed by atoms with Crippen LogP contribution >= 0.6 is 0 Å². The fourth-order valence-electron chi connectivity index (χ4n) is 4.18. The van der Waals surface area contributed by atoms with E-state index >= 15 is 0 Å². The van der Waals surface area contributed by atoms with Crippen molar-refractivity contribution in [1.82, 2.24) is 14.5 Å². The van der Waals surface area contributed by atoms with Crippen molar-refractivity contribution in [1.29, 1.82) is 0 Å². The van der Waals surface area contributed by atoms with Crippen LogP contribution in [0.4, 0.5) is 5.82 Å². The number of hydrogen-bond acceptors (Lipinski definition) is 10. The molecule has 0 aromatic carbocycles. The lowest BCUT2D eigenvalue weighted by Gasteiger charge is -2.34. The molecule has 12 nitrogen and oxygen atoms in total. The zero-order chi connectivity index (χ0) is 23.9. The number of carbonyl (C=O) groups is 4. The van der Waals surface area contributed by atoms with Crippen molar-refractivity contribution in [3.63, 3.8) is 0 Å². The minimum Gasteiger partial charge on any atom is -0.463 e. The first kappa shape index (κ1) is 22.4. The SMILES string of the molecule is CC(=O)OC[C@H]1OC(n2cc3c4c(ncnc42)NC(=O)C=C3)[C@](C)(OC(C)=O)[C@@H]1OC(C)=O. The van der Waals surface area contributed by atoms with Crippen LogP contribution in [0.1, 0.15) is 39.5 Å². The highest BCUT2D eigenvalue weighted by Crippen LogP contribution is 2.45. The molecule has 4 heterocycles. The number of rotatable bonds is 5. The second-order valence-corrected chi connectivity index (χ2v) is 7.87. The van der Waals surface area contributed by atoms with Gasteiger partial charge in [0.2, 0.25) is 5.91 Å². The van der Waals surface area contributed by atoms with Crippen LogP contribution in [0.5, 0.6) is 0 Å². The summed E-state index contributed by atoms with van der Waals surface area (Å²) in [5.74, 6) is -1.83. The van der Waals surface area contributed by atoms with E-state index in [-0.39, 0.29) is 12.5 Å². The number of ether oxygens (including phenoxy) is 4. The van der Waals surface area contributed by atoms with Gasteiger partial charge in [0, 0.05) is 38.6 Å². The summed E-state index contributed by atoms with van der Waals surface area (Å²) in [6.07, 6.45) is 2.87. The van der Waals surface area contributed by atoms with E-state index in [1.165, 1.54) is 33.2 Å². The van der Waals surface area contributed by atoms with E-state index in [0.29, 0.717) is 22.4 Å². The second-order valence-electron chi connectivity index (χ2n) is 7.87. The maximum atomic E-state index is 12.1. The number of aromatic nitrogens is 3. The number of anilines is 1. The Kier molecular flexibility index (Phi) is 5.62. The summed E-state index contributed by atoms with van der Waals surface area (Å²) >= 11 is 0. The minimum atomic E-state index is -1.51. The Bertz CT molecular complexity index is 1190. The van der Waals surface area contributed by atoms with Crippen LogP contribution in [0, 0.1) is 0 Å². The molecule has 1 N–H and O–H groups in total. The quantitative estimate of drug-likeness (QED) is 0.510. The predicted octanol–water partition coefficient (Wildman–Crippen LogP) is 1.11. The molecular weight excluding hydrogens is 436 g/mol. The van der Waals surface area contributed by atoms with Gasteiger partial charge in [-0.2, -0.15) is 0 Å². The molecule has 174 valence electrons. The van der Waals surface area contributed by atoms with Crippen molar-refractivity contribution in [3.8, 4) is 0 Å². The average molecular weight is 458 g/mol. The molecule has 4 atom stereocenters. The van der Waals surface area contributed by atoms with Gasteiger partial charge < -0.3 is 28.8 Å². The highest BCUT2D eigenvalue weighted by atomic mass is 16.7. The first-order chi connectivity index (χ1) is 15.6. The number of amides is 1. The number of hydrogen-bond donors (Lipinski definition) is 1. The molecular formula is C21H22N4O8. The topological polar surface area (TPSA) is 148 Å². The third-order valence-electron chi connectivity index (χ3n) is 5.35. The molecule has 0 aliphatic carbocycles. The van der Waals surface area contributed by atoms with Gasteiger partial charge in [0.05, 0.1) is 5.39 Å². The maximum Gasteiger partial charge on any atom is 0.303 e. The Morgan fingerprint density at radius 2 is 1.91 bits per heavy atom. The third-order valence-corrected chi connectivity index (χ3v) is 5.35. The average Bonchev–Trinajstić information content (AvgIpc) is 3.14. The molecule has 1 fully saturated rings. The zero-order valence-corrected chi connectivity index (χ0v) is 18.4. The molecule has 33 heavy (non-hydrogen) atoms. The summed E-state index contributed by atoms with van der Waals surface area (Å²) in [6, 6.07) is 0. The third kappa shape index (κ3) is 4.04. The fraction of sp³-hybridized carbons (Fsp3) is 0.429. The lowest BCUT2D eigenvalue weighted by Crippen LogP contribution is -2.50. The van der Waals surface area contributed by atoms with Gasteiger partial charge in [0.1, 0.15) is 30.5 Å². The molecule has 2 aliphatic rings. The molecule has 1 unspecified atom stereocenters. The smallest absolute Gasteiger partial charge is 0.303 e. The normalized spacial score (nSPS) is 25.9. The number of nitrogens with one attached hydrogen (secondary N) is 1. The van der Waals surface area contributed by atoms with Crippen LogP contribution in [0.25, 0.3) is 17.1 Å². The van der Waals surface area contributed by atoms with Gasteiger partial charge in [-0.05, 0) is 13.0 Å². The monoisotopic (exact) mass is 458 g/mol. The summed E-state index contributed by atoms with van der Waals surface area (Å²) in [7, 11) is 0. The van der Waals surface area contributed by atoms with Gasteiger partial charge >= 0.3 is 17.9 Å². The summed E-state index contributed by atoms with van der Waals surface area (Å²) in [5.41, 5.74) is -0.492. The van der Waals surface area contributed by atoms with Crippen molar-refractivity contribution in [2.45, 2.75) is 51.7 Å². The highest BCUT2D eigenvalue weighted by Gasteiger charge is 2.60. The van der Waals surface area contributed by atoms with Gasteiger partial charge in [-0.1, -0.05) is 0 Å². The zero-order valence-electron chi connectivity index (χ0n) is 18.4. The molecule has 1 saturated heterocycles. The van der Waals surface area contributed by atoms with Gasteiger partial charge in [-0.25, -0.2) is 9.97 Å². The molecule has 0 spiro atoms. The van der Waals surface area contributed by atoms with Crippen molar-refractivity contribution in [3.05, 3.63) is 24.2 Å². The fourth-order valence-corrected chi connectivity index (χ4v) is 4.18. The first-order valence-corrected chi connectivity index (χ1v) is 10.1. The van der Waals surface area contributed by atoms with Gasteiger partial charge in [0.15, 0.2) is 17.9 Å². The van der Waals surface area contributed by atoms with E-state index in [2.05, 4.69) is 15.3 Å². The Hall–Kier alpha value is -3.80. The summed E-state index contributed by atoms with van der Waals surface area (Å²) in [6.45, 7) is 5.01. The molecule has 0 saturated carbocycles. The molecule has 0 bridgehead atoms. The standard InChI is InChI=1S/C21H22N4O8/c1-10(26)30-8-14-17(31-11(2)27)21(4,33-12(3)28)20(32-14)25-7-13-5-6-15(29)24-18-16(13)19(25)23-9-22-18/h5-7,9,14,17,20H,8H2,1-4H3,(H,22,23,24,29)/t14-,17-,20?,21-/m1/s1. The minimum absolute atomic E-state index is 0.233. The van der Waals surface area contributed by atoms with Gasteiger partial charge in [-0.3, -0.25) is 19.2 Å². The van der Waals surface area contributed by atoms with Crippen LogP contribution in [0.15, 0.2) is 18.6 Å². The van der Waals surface area contributed by atoms with Crippen molar-refractivity contribution in [2.24, 2.45) is 0 Å². The van der Waals surface area contributed by atoms with Crippen LogP contribution in [-0.4, -0.2) is 62.8 Å². The molecule has 2 aliphatic heterocycles. The molecule has 12 heteroatoms. The first-order valence-electron chi connectivity index (χ1n) is 10.1. The maximum absolute atomic E-state index is 12.1. The van der Waals surface area contributed by atoms with Crippen molar-refractivity contribution in [2.75, 3.05) is 11.9 Å². The molecule has 2 aromatic heterocycles. The molecule has 1 amide bonds. The number of carbonyl (C=O) groups excluding carboxylic acids is 4. The molecule has 2 aromatic rings. The molecule has 4 rings (SSSR count). The number of nitrogens with zero attached hydrogens (tertiary/aromatic N) is 3. The Balaban J connectivity index is 1.86. The number of esters is 3. The van der Waals surface area contributed by atoms with Gasteiger partial charge in [-0.15, -0.1) is 0 Å². The predicted molar refractivity (Wildman–Crippen MR) is 111 cm³/mol. The van der Waals surface area contributed by atoms with E-state index in [0.717, 1.165) is 0 Å². The Morgan fingerprint density at radius 3 is 2.58 bits per heavy atom. The Labute approximate surface area is 187 Å². The highest BCUT2D eigenvalue weighted by molar-refractivity contribution is 6.11. The van der Waals surface area contributed by atoms with Crippen LogP contribution in [-0.2, 0) is 38.1 Å². The van der Waals surface area contributed by atoms with Crippen LogP contribution in [0.2, 0.25) is 0 Å². The van der Waals surface area contributed by atoms with Crippen LogP contribution < -0.4 is 5.32 Å². The van der Waals surface area contributed by atoms with E-state index in [9.17, 15) is 19.2 Å². The lowest BCUT2D eigenvalue weighted by atomic mass is 9.95. The van der Waals surface area contributed by atoms with E-state index in [1.807, 2.05) is 0 Å². The second kappa shape index (κ2) is 8.28. The van der Waals surface area contributed by atoms with Crippen LogP contribution in [0.3, 0.4) is 0 Å². The largest absolute Gasteiger partial charge is 0.463 e.